The number of amides is 1. The van der Waals surface area contributed by atoms with Crippen LogP contribution in [0.15, 0.2) is 63.4 Å². The maximum Gasteiger partial charge on any atom is 0.263 e. The number of hydrogen-bond donors (Lipinski definition) is 3. The van der Waals surface area contributed by atoms with E-state index in [9.17, 15) is 13.2 Å². The Morgan fingerprint density at radius 3 is 2.59 bits per heavy atom. The van der Waals surface area contributed by atoms with Gasteiger partial charge in [-0.25, -0.2) is 13.4 Å². The number of aromatic nitrogens is 1. The Labute approximate surface area is 216 Å². The molecule has 0 aliphatic carbocycles. The molecule has 0 fully saturated rings. The van der Waals surface area contributed by atoms with E-state index in [-0.39, 0.29) is 15.1 Å². The smallest absolute Gasteiger partial charge is 0.263 e. The Morgan fingerprint density at radius 1 is 1.21 bits per heavy atom. The Balaban J connectivity index is 1.62. The van der Waals surface area contributed by atoms with Crippen LogP contribution in [0.4, 0.5) is 10.8 Å². The predicted molar refractivity (Wildman–Crippen MR) is 142 cm³/mol. The van der Waals surface area contributed by atoms with E-state index in [4.69, 9.17) is 17.0 Å². The molecule has 0 unspecified atom stereocenters. The molecule has 1 amide bonds. The highest BCUT2D eigenvalue weighted by molar-refractivity contribution is 9.10. The number of hydrogen-bond acceptors (Lipinski definition) is 7. The van der Waals surface area contributed by atoms with Crippen LogP contribution in [0.5, 0.6) is 5.75 Å². The molecule has 8 nitrogen and oxygen atoms in total. The molecule has 0 bridgehead atoms. The molecule has 12 heteroatoms. The summed E-state index contributed by atoms with van der Waals surface area (Å²) in [5.74, 6) is 0.519. The summed E-state index contributed by atoms with van der Waals surface area (Å²) < 4.78 is 33.8. The van der Waals surface area contributed by atoms with E-state index in [0.717, 1.165) is 10.9 Å². The summed E-state index contributed by atoms with van der Waals surface area (Å²) in [5, 5.41) is 7.53. The lowest BCUT2D eigenvalue weighted by Crippen LogP contribution is -2.34. The number of halogens is 1. The zero-order valence-corrected chi connectivity index (χ0v) is 22.4. The predicted octanol–water partition coefficient (Wildman–Crippen LogP) is 5.26. The van der Waals surface area contributed by atoms with Gasteiger partial charge in [0.1, 0.15) is 5.75 Å². The summed E-state index contributed by atoms with van der Waals surface area (Å²) in [6.45, 7) is 4.69. The van der Waals surface area contributed by atoms with Gasteiger partial charge in [0, 0.05) is 21.7 Å². The minimum absolute atomic E-state index is 0.0645. The van der Waals surface area contributed by atoms with E-state index in [1.807, 2.05) is 0 Å². The average Bonchev–Trinajstić information content (AvgIpc) is 3.27. The van der Waals surface area contributed by atoms with E-state index < -0.39 is 15.9 Å². The molecule has 0 radical (unpaired) electrons. The van der Waals surface area contributed by atoms with Gasteiger partial charge in [-0.05, 0) is 67.0 Å². The molecule has 2 aromatic carbocycles. The van der Waals surface area contributed by atoms with Gasteiger partial charge >= 0.3 is 0 Å². The molecule has 3 rings (SSSR count). The standard InChI is InChI=1S/C22H23BrN4O4S3/c1-14(2)9-11-31-19-8-3-15(23)13-18(19)20(28)26-21(32)25-16-4-6-17(7-5-16)34(29,30)27-22-24-10-12-33-22/h3-8,10,12-14H,9,11H2,1-2H3,(H,24,27)(H2,25,26,28,32). The third-order valence-electron chi connectivity index (χ3n) is 4.44. The van der Waals surface area contributed by atoms with Crippen LogP contribution in [-0.4, -0.2) is 31.0 Å². The second-order valence-corrected chi connectivity index (χ2v) is 11.4. The van der Waals surface area contributed by atoms with Crippen LogP contribution in [0.3, 0.4) is 0 Å². The normalized spacial score (nSPS) is 11.2. The van der Waals surface area contributed by atoms with Gasteiger partial charge in [0.05, 0.1) is 17.1 Å². The van der Waals surface area contributed by atoms with Crippen molar-refractivity contribution in [2.45, 2.75) is 25.2 Å². The summed E-state index contributed by atoms with van der Waals surface area (Å²) in [4.78, 5) is 16.8. The van der Waals surface area contributed by atoms with Gasteiger partial charge in [0.2, 0.25) is 0 Å². The van der Waals surface area contributed by atoms with Gasteiger partial charge in [-0.1, -0.05) is 29.8 Å². The maximum atomic E-state index is 12.8. The van der Waals surface area contributed by atoms with Crippen LogP contribution in [0, 0.1) is 5.92 Å². The quantitative estimate of drug-likeness (QED) is 0.295. The summed E-state index contributed by atoms with van der Waals surface area (Å²) in [6.07, 6.45) is 2.38. The van der Waals surface area contributed by atoms with Gasteiger partial charge in [0.25, 0.3) is 15.9 Å². The van der Waals surface area contributed by atoms with Crippen LogP contribution >= 0.6 is 39.5 Å². The first kappa shape index (κ1) is 26.1. The van der Waals surface area contributed by atoms with E-state index in [1.54, 1.807) is 35.7 Å². The third-order valence-corrected chi connectivity index (χ3v) is 7.31. The second kappa shape index (κ2) is 11.7. The number of ether oxygens (including phenoxy) is 1. The second-order valence-electron chi connectivity index (χ2n) is 7.55. The maximum absolute atomic E-state index is 12.8. The molecule has 3 N–H and O–H groups in total. The molecular weight excluding hydrogens is 560 g/mol. The lowest BCUT2D eigenvalue weighted by Gasteiger charge is -2.14. The van der Waals surface area contributed by atoms with Gasteiger partial charge in [-0.3, -0.25) is 14.8 Å². The monoisotopic (exact) mass is 582 g/mol. The molecular formula is C22H23BrN4O4S3. The van der Waals surface area contributed by atoms with Crippen molar-refractivity contribution >= 4 is 71.3 Å². The molecule has 0 aliphatic heterocycles. The molecule has 0 atom stereocenters. The molecule has 1 aromatic heterocycles. The van der Waals surface area contributed by atoms with E-state index in [1.165, 1.54) is 29.7 Å². The number of anilines is 2. The molecule has 0 saturated heterocycles. The first-order chi connectivity index (χ1) is 16.1. The fourth-order valence-corrected chi connectivity index (χ4v) is 5.07. The summed E-state index contributed by atoms with van der Waals surface area (Å²) >= 11 is 9.82. The lowest BCUT2D eigenvalue weighted by atomic mass is 10.1. The zero-order valence-electron chi connectivity index (χ0n) is 18.4. The van der Waals surface area contributed by atoms with Crippen molar-refractivity contribution in [2.24, 2.45) is 5.92 Å². The molecule has 34 heavy (non-hydrogen) atoms. The highest BCUT2D eigenvalue weighted by Crippen LogP contribution is 2.24. The summed E-state index contributed by atoms with van der Waals surface area (Å²) in [7, 11) is -3.76. The minimum Gasteiger partial charge on any atom is -0.493 e. The topological polar surface area (TPSA) is 109 Å². The van der Waals surface area contributed by atoms with Crippen LogP contribution in [0.1, 0.15) is 30.6 Å². The largest absolute Gasteiger partial charge is 0.493 e. The number of carbonyl (C=O) groups is 1. The lowest BCUT2D eigenvalue weighted by molar-refractivity contribution is 0.0973. The Kier molecular flexibility index (Phi) is 9.00. The van der Waals surface area contributed by atoms with Crippen molar-refractivity contribution in [1.29, 1.82) is 0 Å². The molecule has 3 aromatic rings. The van der Waals surface area contributed by atoms with Gasteiger partial charge < -0.3 is 10.1 Å². The van der Waals surface area contributed by atoms with E-state index in [0.29, 0.717) is 29.5 Å². The minimum atomic E-state index is -3.76. The van der Waals surface area contributed by atoms with Gasteiger partial charge in [-0.2, -0.15) is 0 Å². The fraction of sp³-hybridized carbons (Fsp3) is 0.227. The van der Waals surface area contributed by atoms with Crippen molar-refractivity contribution in [3.8, 4) is 5.75 Å². The van der Waals surface area contributed by atoms with E-state index in [2.05, 4.69) is 50.1 Å². The molecule has 0 saturated carbocycles. The fourth-order valence-electron chi connectivity index (χ4n) is 2.71. The average molecular weight is 584 g/mol. The van der Waals surface area contributed by atoms with Crippen LogP contribution < -0.4 is 20.1 Å². The van der Waals surface area contributed by atoms with Crippen molar-refractivity contribution in [3.05, 3.63) is 64.1 Å². The number of sulfonamides is 1. The number of nitrogens with zero attached hydrogens (tertiary/aromatic N) is 1. The number of benzene rings is 2. The van der Waals surface area contributed by atoms with Crippen molar-refractivity contribution in [1.82, 2.24) is 10.3 Å². The van der Waals surface area contributed by atoms with E-state index >= 15 is 0 Å². The highest BCUT2D eigenvalue weighted by atomic mass is 79.9. The van der Waals surface area contributed by atoms with Crippen LogP contribution in [0.2, 0.25) is 0 Å². The van der Waals surface area contributed by atoms with Gasteiger partial charge in [-0.15, -0.1) is 11.3 Å². The number of thiocarbonyl (C=S) groups is 1. The van der Waals surface area contributed by atoms with Crippen molar-refractivity contribution < 1.29 is 17.9 Å². The molecule has 180 valence electrons. The van der Waals surface area contributed by atoms with Crippen molar-refractivity contribution in [2.75, 3.05) is 16.6 Å². The van der Waals surface area contributed by atoms with Crippen molar-refractivity contribution in [3.63, 3.8) is 0 Å². The number of carbonyl (C=O) groups excluding carboxylic acids is 1. The first-order valence-electron chi connectivity index (χ1n) is 10.2. The molecule has 1 heterocycles. The zero-order chi connectivity index (χ0) is 24.7. The SMILES string of the molecule is CC(C)CCOc1ccc(Br)cc1C(=O)NC(=S)Nc1ccc(S(=O)(=O)Nc2nccs2)cc1. The van der Waals surface area contributed by atoms with Crippen LogP contribution in [0.25, 0.3) is 0 Å². The third kappa shape index (κ3) is 7.49. The Bertz CT molecular complexity index is 1250. The van der Waals surface area contributed by atoms with Gasteiger partial charge in [0.15, 0.2) is 10.2 Å². The summed E-state index contributed by atoms with van der Waals surface area (Å²) in [6, 6.07) is 11.2. The number of rotatable bonds is 9. The highest BCUT2D eigenvalue weighted by Gasteiger charge is 2.17. The number of nitrogens with one attached hydrogen (secondary N) is 3. The Hall–Kier alpha value is -2.54. The van der Waals surface area contributed by atoms with Crippen LogP contribution in [-0.2, 0) is 10.0 Å². The first-order valence-corrected chi connectivity index (χ1v) is 13.8. The molecule has 0 spiro atoms. The Morgan fingerprint density at radius 2 is 1.94 bits per heavy atom. The molecule has 0 aliphatic rings. The summed E-state index contributed by atoms with van der Waals surface area (Å²) in [5.41, 5.74) is 0.859. The number of thiazole rings is 1.